The number of carbonyl (C=O) groups is 2. The van der Waals surface area contributed by atoms with Crippen LogP contribution in [0.25, 0.3) is 0 Å². The van der Waals surface area contributed by atoms with E-state index in [0.717, 1.165) is 19.4 Å². The average Bonchev–Trinajstić information content (AvgIpc) is 2.69. The van der Waals surface area contributed by atoms with Crippen LogP contribution >= 0.6 is 0 Å². The molecule has 0 aromatic carbocycles. The first kappa shape index (κ1) is 13.0. The van der Waals surface area contributed by atoms with Gasteiger partial charge in [-0.3, -0.25) is 9.59 Å². The summed E-state index contributed by atoms with van der Waals surface area (Å²) >= 11 is 0. The van der Waals surface area contributed by atoms with E-state index in [9.17, 15) is 9.59 Å². The molecule has 0 saturated carbocycles. The first-order chi connectivity index (χ1) is 7.56. The Morgan fingerprint density at radius 1 is 1.56 bits per heavy atom. The number of carbonyl (C=O) groups excluding carboxylic acids is 1. The summed E-state index contributed by atoms with van der Waals surface area (Å²) < 4.78 is 0. The predicted octanol–water partition coefficient (Wildman–Crippen LogP) is 0.450. The fourth-order valence-corrected chi connectivity index (χ4v) is 2.14. The Morgan fingerprint density at radius 3 is 2.69 bits per heavy atom. The van der Waals surface area contributed by atoms with E-state index in [2.05, 4.69) is 5.32 Å². The maximum Gasteiger partial charge on any atom is 0.305 e. The van der Waals surface area contributed by atoms with Crippen molar-refractivity contribution in [3.05, 3.63) is 0 Å². The van der Waals surface area contributed by atoms with Crippen LogP contribution in [0, 0.1) is 0 Å². The monoisotopic (exact) mass is 228 g/mol. The lowest BCUT2D eigenvalue weighted by Gasteiger charge is -2.29. The normalized spacial score (nSPS) is 21.8. The summed E-state index contributed by atoms with van der Waals surface area (Å²) in [6, 6.07) is -0.353. The maximum absolute atomic E-state index is 12.1. The number of nitrogens with zero attached hydrogens (tertiary/aromatic N) is 1. The molecule has 2 atom stereocenters. The molecule has 0 aromatic heterocycles. The lowest BCUT2D eigenvalue weighted by molar-refractivity contribution is -0.141. The Kier molecular flexibility index (Phi) is 4.73. The third kappa shape index (κ3) is 3.20. The van der Waals surface area contributed by atoms with Crippen molar-refractivity contribution in [2.45, 2.75) is 45.2 Å². The Labute approximate surface area is 95.8 Å². The Hall–Kier alpha value is -1.10. The fourth-order valence-electron chi connectivity index (χ4n) is 2.14. The molecular formula is C11H20N2O3. The van der Waals surface area contributed by atoms with Crippen molar-refractivity contribution < 1.29 is 14.7 Å². The van der Waals surface area contributed by atoms with Crippen molar-refractivity contribution in [3.63, 3.8) is 0 Å². The minimum absolute atomic E-state index is 0.00625. The first-order valence-electron chi connectivity index (χ1n) is 5.82. The zero-order valence-electron chi connectivity index (χ0n) is 9.90. The van der Waals surface area contributed by atoms with E-state index in [1.807, 2.05) is 6.92 Å². The summed E-state index contributed by atoms with van der Waals surface area (Å²) in [6.45, 7) is 5.10. The van der Waals surface area contributed by atoms with Crippen molar-refractivity contribution in [2.75, 3.05) is 13.1 Å². The van der Waals surface area contributed by atoms with Gasteiger partial charge in [0.05, 0.1) is 12.5 Å². The van der Waals surface area contributed by atoms with Gasteiger partial charge in [0.1, 0.15) is 0 Å². The second-order valence-corrected chi connectivity index (χ2v) is 4.22. The van der Waals surface area contributed by atoms with Crippen LogP contribution in [0.3, 0.4) is 0 Å². The average molecular weight is 228 g/mol. The largest absolute Gasteiger partial charge is 0.481 e. The Bertz CT molecular complexity index is 262. The first-order valence-corrected chi connectivity index (χ1v) is 5.82. The number of nitrogens with one attached hydrogen (secondary N) is 1. The van der Waals surface area contributed by atoms with Gasteiger partial charge in [0.2, 0.25) is 5.91 Å². The molecule has 1 aliphatic rings. The highest BCUT2D eigenvalue weighted by Crippen LogP contribution is 2.12. The fraction of sp³-hybridized carbons (Fsp3) is 0.818. The molecule has 0 aromatic rings. The zero-order valence-corrected chi connectivity index (χ0v) is 9.90. The second-order valence-electron chi connectivity index (χ2n) is 4.22. The van der Waals surface area contributed by atoms with E-state index in [1.54, 1.807) is 11.8 Å². The number of carboxylic acids is 1. The molecule has 16 heavy (non-hydrogen) atoms. The molecule has 1 saturated heterocycles. The topological polar surface area (TPSA) is 69.6 Å². The zero-order chi connectivity index (χ0) is 12.1. The van der Waals surface area contributed by atoms with E-state index in [1.165, 1.54) is 0 Å². The van der Waals surface area contributed by atoms with Crippen LogP contribution in [0.15, 0.2) is 0 Å². The van der Waals surface area contributed by atoms with Gasteiger partial charge in [0, 0.05) is 12.6 Å². The van der Waals surface area contributed by atoms with Gasteiger partial charge in [0.15, 0.2) is 0 Å². The van der Waals surface area contributed by atoms with Crippen LogP contribution in [-0.2, 0) is 9.59 Å². The Morgan fingerprint density at radius 2 is 2.25 bits per heavy atom. The lowest BCUT2D eigenvalue weighted by atomic mass is 10.1. The Balaban J connectivity index is 2.57. The number of carboxylic acid groups (broad SMARTS) is 1. The van der Waals surface area contributed by atoms with Gasteiger partial charge in [0.25, 0.3) is 0 Å². The van der Waals surface area contributed by atoms with Crippen molar-refractivity contribution in [1.29, 1.82) is 0 Å². The second kappa shape index (κ2) is 5.84. The number of likely N-dealkylation sites (N-methyl/N-ethyl adjacent to an activating group) is 1. The third-order valence-electron chi connectivity index (χ3n) is 2.98. The molecule has 1 aliphatic heterocycles. The molecule has 5 nitrogen and oxygen atoms in total. The molecule has 5 heteroatoms. The van der Waals surface area contributed by atoms with E-state index >= 15 is 0 Å². The SMILES string of the molecule is CCN(C(=O)[C@@H]1CCCN1)C(C)CC(=O)O. The molecule has 1 heterocycles. The van der Waals surface area contributed by atoms with Crippen molar-refractivity contribution >= 4 is 11.9 Å². The van der Waals surface area contributed by atoms with Gasteiger partial charge in [-0.1, -0.05) is 0 Å². The van der Waals surface area contributed by atoms with Gasteiger partial charge in [-0.25, -0.2) is 0 Å². The number of rotatable bonds is 5. The van der Waals surface area contributed by atoms with Crippen molar-refractivity contribution in [2.24, 2.45) is 0 Å². The van der Waals surface area contributed by atoms with E-state index in [0.29, 0.717) is 6.54 Å². The van der Waals surface area contributed by atoms with Gasteiger partial charge in [-0.05, 0) is 33.2 Å². The minimum Gasteiger partial charge on any atom is -0.481 e. The third-order valence-corrected chi connectivity index (χ3v) is 2.98. The summed E-state index contributed by atoms with van der Waals surface area (Å²) in [4.78, 5) is 24.3. The lowest BCUT2D eigenvalue weighted by Crippen LogP contribution is -2.48. The smallest absolute Gasteiger partial charge is 0.305 e. The molecule has 92 valence electrons. The highest BCUT2D eigenvalue weighted by Gasteiger charge is 2.29. The quantitative estimate of drug-likeness (QED) is 0.717. The highest BCUT2D eigenvalue weighted by atomic mass is 16.4. The number of hydrogen-bond acceptors (Lipinski definition) is 3. The van der Waals surface area contributed by atoms with Gasteiger partial charge >= 0.3 is 5.97 Å². The van der Waals surface area contributed by atoms with Crippen LogP contribution in [0.4, 0.5) is 0 Å². The number of hydrogen-bond donors (Lipinski definition) is 2. The van der Waals surface area contributed by atoms with E-state index in [4.69, 9.17) is 5.11 Å². The molecule has 0 aliphatic carbocycles. The minimum atomic E-state index is -0.863. The molecule has 1 amide bonds. The number of amides is 1. The van der Waals surface area contributed by atoms with Crippen molar-refractivity contribution in [1.82, 2.24) is 10.2 Å². The summed E-state index contributed by atoms with van der Waals surface area (Å²) in [6.07, 6.45) is 1.88. The summed E-state index contributed by atoms with van der Waals surface area (Å²) in [5, 5.41) is 11.9. The standard InChI is InChI=1S/C11H20N2O3/c1-3-13(8(2)7-10(14)15)11(16)9-5-4-6-12-9/h8-9,12H,3-7H2,1-2H3,(H,14,15)/t8?,9-/m0/s1. The van der Waals surface area contributed by atoms with Crippen LogP contribution in [-0.4, -0.2) is 47.1 Å². The molecule has 2 N–H and O–H groups in total. The summed E-state index contributed by atoms with van der Waals surface area (Å²) in [7, 11) is 0. The van der Waals surface area contributed by atoms with Crippen LogP contribution in [0.1, 0.15) is 33.1 Å². The molecule has 0 spiro atoms. The molecule has 0 radical (unpaired) electrons. The van der Waals surface area contributed by atoms with E-state index < -0.39 is 5.97 Å². The van der Waals surface area contributed by atoms with Crippen LogP contribution < -0.4 is 5.32 Å². The summed E-state index contributed by atoms with van der Waals surface area (Å²) in [5.41, 5.74) is 0. The molecular weight excluding hydrogens is 208 g/mol. The van der Waals surface area contributed by atoms with Gasteiger partial charge in [-0.2, -0.15) is 0 Å². The predicted molar refractivity (Wildman–Crippen MR) is 60.1 cm³/mol. The maximum atomic E-state index is 12.1. The molecule has 1 rings (SSSR count). The van der Waals surface area contributed by atoms with Gasteiger partial charge in [-0.15, -0.1) is 0 Å². The molecule has 1 unspecified atom stereocenters. The van der Waals surface area contributed by atoms with Gasteiger partial charge < -0.3 is 15.3 Å². The molecule has 0 bridgehead atoms. The molecule has 1 fully saturated rings. The van der Waals surface area contributed by atoms with Crippen LogP contribution in [0.2, 0.25) is 0 Å². The number of aliphatic carboxylic acids is 1. The van der Waals surface area contributed by atoms with E-state index in [-0.39, 0.29) is 24.4 Å². The van der Waals surface area contributed by atoms with Crippen molar-refractivity contribution in [3.8, 4) is 0 Å². The highest BCUT2D eigenvalue weighted by molar-refractivity contribution is 5.83. The van der Waals surface area contributed by atoms with Crippen LogP contribution in [0.5, 0.6) is 0 Å². The summed E-state index contributed by atoms with van der Waals surface area (Å²) in [5.74, 6) is -0.827.